The van der Waals surface area contributed by atoms with Crippen molar-refractivity contribution in [2.45, 2.75) is 0 Å². The Morgan fingerprint density at radius 1 is 0.284 bits per heavy atom. The Morgan fingerprint density at radius 2 is 0.731 bits per heavy atom. The fourth-order valence-corrected chi connectivity index (χ4v) is 10.3. The molecule has 3 heteroatoms. The molecule has 0 atom stereocenters. The molecule has 0 N–H and O–H groups in total. The highest BCUT2D eigenvalue weighted by Gasteiger charge is 2.20. The van der Waals surface area contributed by atoms with Crippen LogP contribution in [0.3, 0.4) is 0 Å². The Morgan fingerprint density at radius 3 is 1.40 bits per heavy atom. The maximum absolute atomic E-state index is 6.84. The number of fused-ring (bicyclic) bond motifs is 7. The predicted molar refractivity (Wildman–Crippen MR) is 282 cm³/mol. The van der Waals surface area contributed by atoms with Crippen molar-refractivity contribution in [1.82, 2.24) is 4.57 Å². The zero-order valence-corrected chi connectivity index (χ0v) is 36.6. The highest BCUT2D eigenvalue weighted by Crippen LogP contribution is 2.43. The van der Waals surface area contributed by atoms with E-state index in [9.17, 15) is 0 Å². The van der Waals surface area contributed by atoms with Crippen molar-refractivity contribution in [2.24, 2.45) is 0 Å². The van der Waals surface area contributed by atoms with Gasteiger partial charge in [0.25, 0.3) is 0 Å². The van der Waals surface area contributed by atoms with Gasteiger partial charge in [-0.3, -0.25) is 0 Å². The third-order valence-corrected chi connectivity index (χ3v) is 13.4. The number of anilines is 3. The first kappa shape index (κ1) is 38.5. The van der Waals surface area contributed by atoms with Gasteiger partial charge in [-0.15, -0.1) is 0 Å². The van der Waals surface area contributed by atoms with Gasteiger partial charge in [0.05, 0.1) is 16.7 Å². The number of furan rings is 1. The second-order valence-corrected chi connectivity index (χ2v) is 17.2. The number of nitrogens with zero attached hydrogens (tertiary/aromatic N) is 2. The maximum Gasteiger partial charge on any atom is 0.143 e. The van der Waals surface area contributed by atoms with Crippen molar-refractivity contribution < 1.29 is 4.42 Å². The van der Waals surface area contributed by atoms with Crippen LogP contribution in [0.5, 0.6) is 0 Å². The molecule has 11 aromatic carbocycles. The predicted octanol–water partition coefficient (Wildman–Crippen LogP) is 18.0. The molecule has 67 heavy (non-hydrogen) atoms. The van der Waals surface area contributed by atoms with E-state index < -0.39 is 0 Å². The summed E-state index contributed by atoms with van der Waals surface area (Å²) >= 11 is 0. The second kappa shape index (κ2) is 16.0. The average molecular weight is 855 g/mol. The van der Waals surface area contributed by atoms with Gasteiger partial charge in [0.15, 0.2) is 0 Å². The summed E-state index contributed by atoms with van der Waals surface area (Å²) in [6.07, 6.45) is 0. The first-order chi connectivity index (χ1) is 33.2. The number of hydrogen-bond acceptors (Lipinski definition) is 2. The summed E-state index contributed by atoms with van der Waals surface area (Å²) in [5, 5.41) is 7.20. The van der Waals surface area contributed by atoms with E-state index in [1.165, 1.54) is 49.3 Å². The Bertz CT molecular complexity index is 3910. The number of hydrogen-bond donors (Lipinski definition) is 0. The third-order valence-electron chi connectivity index (χ3n) is 13.4. The molecule has 0 bridgehead atoms. The van der Waals surface area contributed by atoms with E-state index in [2.05, 4.69) is 264 Å². The van der Waals surface area contributed by atoms with E-state index in [0.29, 0.717) is 0 Å². The topological polar surface area (TPSA) is 21.3 Å². The maximum atomic E-state index is 6.84. The summed E-state index contributed by atoms with van der Waals surface area (Å²) in [5.74, 6) is 0. The van der Waals surface area contributed by atoms with Gasteiger partial charge in [-0.2, -0.15) is 0 Å². The smallest absolute Gasteiger partial charge is 0.143 e. The second-order valence-electron chi connectivity index (χ2n) is 17.2. The number of para-hydroxylation sites is 5. The molecule has 2 heterocycles. The van der Waals surface area contributed by atoms with Gasteiger partial charge in [-0.25, -0.2) is 0 Å². The molecule has 0 saturated carbocycles. The highest BCUT2D eigenvalue weighted by atomic mass is 16.3. The van der Waals surface area contributed by atoms with Crippen LogP contribution in [0.1, 0.15) is 0 Å². The van der Waals surface area contributed by atoms with Gasteiger partial charge in [-0.1, -0.05) is 200 Å². The fraction of sp³-hybridized carbons (Fsp3) is 0. The minimum absolute atomic E-state index is 0.894. The van der Waals surface area contributed by atoms with Crippen molar-refractivity contribution in [1.29, 1.82) is 0 Å². The molecule has 13 aromatic rings. The van der Waals surface area contributed by atoms with E-state index in [1.807, 2.05) is 0 Å². The Balaban J connectivity index is 0.928. The number of aromatic nitrogens is 1. The molecule has 0 spiro atoms. The van der Waals surface area contributed by atoms with E-state index in [0.717, 1.165) is 72.5 Å². The SMILES string of the molecule is c1ccc(-c2cccc3c2oc2c(-c4ccc(N(c5ccc(-c6ccccc6-n6c7ccccc7c7ccccc76)cc5)c5cccc(-c6cccc7ccccc67)c5)cc4)cccc23)cc1. The average Bonchev–Trinajstić information content (AvgIpc) is 3.96. The summed E-state index contributed by atoms with van der Waals surface area (Å²) in [4.78, 5) is 2.37. The van der Waals surface area contributed by atoms with Crippen LogP contribution in [-0.2, 0) is 0 Å². The monoisotopic (exact) mass is 854 g/mol. The van der Waals surface area contributed by atoms with Gasteiger partial charge in [0, 0.05) is 55.3 Å². The molecule has 0 radical (unpaired) electrons. The summed E-state index contributed by atoms with van der Waals surface area (Å²) in [6.45, 7) is 0. The molecule has 0 amide bonds. The highest BCUT2D eigenvalue weighted by molar-refractivity contribution is 6.13. The van der Waals surface area contributed by atoms with Crippen LogP contribution in [0.15, 0.2) is 259 Å². The van der Waals surface area contributed by atoms with Crippen LogP contribution in [0, 0.1) is 0 Å². The van der Waals surface area contributed by atoms with Crippen molar-refractivity contribution >= 4 is 71.6 Å². The van der Waals surface area contributed by atoms with Gasteiger partial charge < -0.3 is 13.9 Å². The quantitative estimate of drug-likeness (QED) is 0.152. The standard InChI is InChI=1S/C64H42N2O/c1-2-16-44(17-3-1)54-27-14-29-58-59-30-15-28-55(64(59)67-63(54)58)46-36-40-49(41-37-46)65(50-21-12-20-47(42-50)52-26-13-19-43-18-4-5-22-51(43)52)48-38-34-45(35-39-48)53-23-6-9-31-60(53)66-61-32-10-7-24-56(61)57-25-8-11-33-62(57)66/h1-42H. The van der Waals surface area contributed by atoms with Crippen LogP contribution in [-0.4, -0.2) is 4.57 Å². The Kier molecular flexibility index (Phi) is 9.17. The Hall–Kier alpha value is -8.92. The van der Waals surface area contributed by atoms with E-state index in [4.69, 9.17) is 4.42 Å². The first-order valence-electron chi connectivity index (χ1n) is 22.9. The van der Waals surface area contributed by atoms with Gasteiger partial charge in [0.1, 0.15) is 11.2 Å². The summed E-state index contributed by atoms with van der Waals surface area (Å²) < 4.78 is 9.25. The van der Waals surface area contributed by atoms with Crippen LogP contribution < -0.4 is 4.90 Å². The Labute approximate surface area is 388 Å². The van der Waals surface area contributed by atoms with Crippen molar-refractivity contribution in [2.75, 3.05) is 4.90 Å². The van der Waals surface area contributed by atoms with Crippen molar-refractivity contribution in [3.63, 3.8) is 0 Å². The lowest BCUT2D eigenvalue weighted by Gasteiger charge is -2.27. The lowest BCUT2D eigenvalue weighted by Crippen LogP contribution is -2.10. The molecule has 0 unspecified atom stereocenters. The number of benzene rings is 11. The molecule has 314 valence electrons. The molecule has 0 fully saturated rings. The summed E-state index contributed by atoms with van der Waals surface area (Å²) in [6, 6.07) is 91.7. The molecular weight excluding hydrogens is 813 g/mol. The van der Waals surface area contributed by atoms with Gasteiger partial charge in [0.2, 0.25) is 0 Å². The third kappa shape index (κ3) is 6.51. The summed E-state index contributed by atoms with van der Waals surface area (Å²) in [7, 11) is 0. The van der Waals surface area contributed by atoms with E-state index in [-0.39, 0.29) is 0 Å². The molecular formula is C64H42N2O. The first-order valence-corrected chi connectivity index (χ1v) is 22.9. The largest absolute Gasteiger partial charge is 0.455 e. The summed E-state index contributed by atoms with van der Waals surface area (Å²) in [5.41, 5.74) is 17.6. The van der Waals surface area contributed by atoms with E-state index in [1.54, 1.807) is 0 Å². The lowest BCUT2D eigenvalue weighted by molar-refractivity contribution is 0.671. The molecule has 0 aliphatic heterocycles. The van der Waals surface area contributed by atoms with Gasteiger partial charge in [-0.05, 0) is 93.2 Å². The molecule has 0 saturated heterocycles. The zero-order valence-electron chi connectivity index (χ0n) is 36.6. The number of rotatable bonds is 8. The normalized spacial score (nSPS) is 11.6. The van der Waals surface area contributed by atoms with Crippen LogP contribution in [0.25, 0.3) is 105 Å². The molecule has 0 aliphatic carbocycles. The molecule has 13 rings (SSSR count). The molecule has 2 aromatic heterocycles. The van der Waals surface area contributed by atoms with Crippen molar-refractivity contribution in [3.05, 3.63) is 255 Å². The minimum atomic E-state index is 0.894. The minimum Gasteiger partial charge on any atom is -0.455 e. The molecule has 0 aliphatic rings. The lowest BCUT2D eigenvalue weighted by atomic mass is 9.97. The molecule has 3 nitrogen and oxygen atoms in total. The van der Waals surface area contributed by atoms with Crippen LogP contribution in [0.2, 0.25) is 0 Å². The van der Waals surface area contributed by atoms with Gasteiger partial charge >= 0.3 is 0 Å². The fourth-order valence-electron chi connectivity index (χ4n) is 10.3. The van der Waals surface area contributed by atoms with E-state index >= 15 is 0 Å². The zero-order chi connectivity index (χ0) is 44.3. The van der Waals surface area contributed by atoms with Crippen LogP contribution >= 0.6 is 0 Å². The van der Waals surface area contributed by atoms with Crippen molar-refractivity contribution in [3.8, 4) is 50.2 Å². The van der Waals surface area contributed by atoms with Crippen LogP contribution in [0.4, 0.5) is 17.1 Å².